The number of carbonyl (C=O) groups excluding carboxylic acids is 1. The van der Waals surface area contributed by atoms with Gasteiger partial charge in [0.1, 0.15) is 6.33 Å². The molecule has 7 nitrogen and oxygen atoms in total. The van der Waals surface area contributed by atoms with Crippen molar-refractivity contribution in [3.8, 4) is 0 Å². The molecule has 0 aromatic carbocycles. The molecule has 0 aliphatic carbocycles. The molecule has 1 unspecified atom stereocenters. The maximum absolute atomic E-state index is 11.4. The fraction of sp³-hybridized carbons (Fsp3) is 0.571. The summed E-state index contributed by atoms with van der Waals surface area (Å²) in [4.78, 5) is 11.4. The summed E-state index contributed by atoms with van der Waals surface area (Å²) >= 11 is 1.24. The van der Waals surface area contributed by atoms with Gasteiger partial charge in [-0.1, -0.05) is 25.6 Å². The molecule has 15 heavy (non-hydrogen) atoms. The molecule has 0 saturated carbocycles. The summed E-state index contributed by atoms with van der Waals surface area (Å²) in [6.07, 6.45) is 1.38. The number of nitrogens with one attached hydrogen (secondary N) is 1. The van der Waals surface area contributed by atoms with Crippen LogP contribution in [0.1, 0.15) is 13.8 Å². The molecule has 1 rings (SSSR count). The van der Waals surface area contributed by atoms with Crippen LogP contribution in [0.2, 0.25) is 0 Å². The Labute approximate surface area is 91.5 Å². The van der Waals surface area contributed by atoms with Crippen LogP contribution in [0.15, 0.2) is 11.5 Å². The highest BCUT2D eigenvalue weighted by molar-refractivity contribution is 8.00. The van der Waals surface area contributed by atoms with Gasteiger partial charge in [-0.3, -0.25) is 10.2 Å². The Morgan fingerprint density at radius 2 is 2.33 bits per heavy atom. The monoisotopic (exact) mass is 230 g/mol. The second-order valence-corrected chi connectivity index (χ2v) is 4.42. The highest BCUT2D eigenvalue weighted by Gasteiger charge is 2.24. The van der Waals surface area contributed by atoms with Crippen molar-refractivity contribution in [2.75, 3.05) is 5.84 Å². The lowest BCUT2D eigenvalue weighted by Crippen LogP contribution is -2.40. The van der Waals surface area contributed by atoms with Gasteiger partial charge in [-0.05, 0) is 5.92 Å². The number of hydrogen-bond donors (Lipinski definition) is 3. The lowest BCUT2D eigenvalue weighted by Gasteiger charge is -2.17. The number of nitrogens with zero attached hydrogens (tertiary/aromatic N) is 3. The zero-order valence-corrected chi connectivity index (χ0v) is 9.36. The summed E-state index contributed by atoms with van der Waals surface area (Å²) < 4.78 is 1.27. The molecule has 84 valence electrons. The van der Waals surface area contributed by atoms with Crippen LogP contribution in [-0.2, 0) is 4.79 Å². The average Bonchev–Trinajstić information content (AvgIpc) is 2.59. The van der Waals surface area contributed by atoms with Gasteiger partial charge < -0.3 is 5.84 Å². The van der Waals surface area contributed by atoms with E-state index in [9.17, 15) is 4.79 Å². The molecule has 0 fully saturated rings. The van der Waals surface area contributed by atoms with Crippen molar-refractivity contribution >= 4 is 17.7 Å². The Kier molecular flexibility index (Phi) is 3.92. The average molecular weight is 230 g/mol. The number of nitrogens with two attached hydrogens (primary N) is 2. The second kappa shape index (κ2) is 4.99. The molecule has 1 aromatic rings. The molecule has 0 radical (unpaired) electrons. The highest BCUT2D eigenvalue weighted by Crippen LogP contribution is 2.25. The molecule has 5 N–H and O–H groups in total. The van der Waals surface area contributed by atoms with Crippen LogP contribution in [-0.4, -0.2) is 26.0 Å². The summed E-state index contributed by atoms with van der Waals surface area (Å²) in [5.41, 5.74) is 2.12. The van der Waals surface area contributed by atoms with Gasteiger partial charge in [0.2, 0.25) is 11.1 Å². The largest absolute Gasteiger partial charge is 0.336 e. The van der Waals surface area contributed by atoms with Crippen molar-refractivity contribution in [3.63, 3.8) is 0 Å². The number of amides is 1. The Morgan fingerprint density at radius 1 is 1.67 bits per heavy atom. The van der Waals surface area contributed by atoms with Gasteiger partial charge >= 0.3 is 0 Å². The van der Waals surface area contributed by atoms with E-state index in [0.717, 1.165) is 0 Å². The SMILES string of the molecule is CC(C)C(Sc1nncn1N)C(=O)NN. The van der Waals surface area contributed by atoms with E-state index in [4.69, 9.17) is 11.7 Å². The minimum atomic E-state index is -0.332. The van der Waals surface area contributed by atoms with Crippen LogP contribution in [0, 0.1) is 5.92 Å². The zero-order valence-electron chi connectivity index (χ0n) is 8.54. The summed E-state index contributed by atoms with van der Waals surface area (Å²) in [7, 11) is 0. The molecule has 0 spiro atoms. The molecule has 1 atom stereocenters. The molecule has 0 aliphatic rings. The van der Waals surface area contributed by atoms with E-state index < -0.39 is 0 Å². The van der Waals surface area contributed by atoms with Crippen LogP contribution in [0.25, 0.3) is 0 Å². The molecule has 0 saturated heterocycles. The lowest BCUT2D eigenvalue weighted by atomic mass is 10.1. The molecule has 0 bridgehead atoms. The van der Waals surface area contributed by atoms with Gasteiger partial charge in [0.15, 0.2) is 0 Å². The number of rotatable bonds is 4. The predicted molar refractivity (Wildman–Crippen MR) is 57.0 cm³/mol. The number of thioether (sulfide) groups is 1. The summed E-state index contributed by atoms with van der Waals surface area (Å²) in [5, 5.41) is 7.56. The van der Waals surface area contributed by atoms with Gasteiger partial charge in [0.05, 0.1) is 5.25 Å². The normalized spacial score (nSPS) is 12.8. The summed E-state index contributed by atoms with van der Waals surface area (Å²) in [5.74, 6) is 10.5. The van der Waals surface area contributed by atoms with E-state index in [-0.39, 0.29) is 17.1 Å². The van der Waals surface area contributed by atoms with Gasteiger partial charge in [-0.15, -0.1) is 10.2 Å². The third-order valence-corrected chi connectivity index (χ3v) is 3.29. The number of nitrogen functional groups attached to an aromatic ring is 1. The molecular weight excluding hydrogens is 216 g/mol. The number of hydrogen-bond acceptors (Lipinski definition) is 6. The second-order valence-electron chi connectivity index (χ2n) is 3.31. The quantitative estimate of drug-likeness (QED) is 0.267. The standard InChI is InChI=1S/C7H14N6OS/c1-4(2)5(6(14)11-8)15-7-12-10-3-13(7)9/h3-5H,8-9H2,1-2H3,(H,11,14). The third kappa shape index (κ3) is 2.83. The topological polar surface area (TPSA) is 112 Å². The predicted octanol–water partition coefficient (Wildman–Crippen LogP) is -0.901. The summed E-state index contributed by atoms with van der Waals surface area (Å²) in [6, 6.07) is 0. The fourth-order valence-electron chi connectivity index (χ4n) is 1.00. The van der Waals surface area contributed by atoms with Gasteiger partial charge in [0, 0.05) is 0 Å². The van der Waals surface area contributed by atoms with Gasteiger partial charge in [-0.2, -0.15) is 0 Å². The van der Waals surface area contributed by atoms with Crippen LogP contribution in [0.5, 0.6) is 0 Å². The first-order valence-corrected chi connectivity index (χ1v) is 5.26. The Morgan fingerprint density at radius 3 is 2.73 bits per heavy atom. The van der Waals surface area contributed by atoms with Crippen LogP contribution < -0.4 is 17.1 Å². The maximum atomic E-state index is 11.4. The van der Waals surface area contributed by atoms with Crippen molar-refractivity contribution in [1.82, 2.24) is 20.3 Å². The molecule has 8 heteroatoms. The van der Waals surface area contributed by atoms with Crippen molar-refractivity contribution in [1.29, 1.82) is 0 Å². The van der Waals surface area contributed by atoms with E-state index in [1.165, 1.54) is 22.8 Å². The molecule has 1 amide bonds. The van der Waals surface area contributed by atoms with Crippen molar-refractivity contribution in [2.24, 2.45) is 11.8 Å². The van der Waals surface area contributed by atoms with E-state index in [1.807, 2.05) is 13.8 Å². The number of aromatic nitrogens is 3. The van der Waals surface area contributed by atoms with Crippen molar-refractivity contribution in [2.45, 2.75) is 24.3 Å². The first-order chi connectivity index (χ1) is 7.06. The van der Waals surface area contributed by atoms with Crippen LogP contribution >= 0.6 is 11.8 Å². The van der Waals surface area contributed by atoms with Crippen LogP contribution in [0.4, 0.5) is 0 Å². The fourth-order valence-corrected chi connectivity index (χ4v) is 1.94. The van der Waals surface area contributed by atoms with E-state index in [2.05, 4.69) is 15.6 Å². The highest BCUT2D eigenvalue weighted by atomic mass is 32.2. The van der Waals surface area contributed by atoms with Gasteiger partial charge in [-0.25, -0.2) is 10.5 Å². The van der Waals surface area contributed by atoms with E-state index in [0.29, 0.717) is 5.16 Å². The first kappa shape index (κ1) is 11.8. The summed E-state index contributed by atoms with van der Waals surface area (Å²) in [6.45, 7) is 3.84. The molecule has 1 heterocycles. The lowest BCUT2D eigenvalue weighted by molar-refractivity contribution is -0.121. The van der Waals surface area contributed by atoms with Crippen LogP contribution in [0.3, 0.4) is 0 Å². The zero-order chi connectivity index (χ0) is 11.4. The van der Waals surface area contributed by atoms with E-state index in [1.54, 1.807) is 0 Å². The first-order valence-electron chi connectivity index (χ1n) is 4.38. The van der Waals surface area contributed by atoms with E-state index >= 15 is 0 Å². The minimum Gasteiger partial charge on any atom is -0.336 e. The number of carbonyl (C=O) groups is 1. The third-order valence-electron chi connectivity index (χ3n) is 1.78. The smallest absolute Gasteiger partial charge is 0.247 e. The Balaban J connectivity index is 2.76. The Bertz CT molecular complexity index is 338. The van der Waals surface area contributed by atoms with Crippen molar-refractivity contribution < 1.29 is 4.79 Å². The van der Waals surface area contributed by atoms with Crippen molar-refractivity contribution in [3.05, 3.63) is 6.33 Å². The minimum absolute atomic E-state index is 0.121. The molecule has 0 aliphatic heterocycles. The molecular formula is C7H14N6OS. The number of hydrazine groups is 1. The maximum Gasteiger partial charge on any atom is 0.247 e. The van der Waals surface area contributed by atoms with Gasteiger partial charge in [0.25, 0.3) is 0 Å². The Hall–Kier alpha value is -1.28. The molecule has 1 aromatic heterocycles.